The summed E-state index contributed by atoms with van der Waals surface area (Å²) in [5.41, 5.74) is 11.0. The van der Waals surface area contributed by atoms with Crippen LogP contribution in [-0.2, 0) is 28.9 Å². The summed E-state index contributed by atoms with van der Waals surface area (Å²) >= 11 is 0. The van der Waals surface area contributed by atoms with Crippen LogP contribution in [0.1, 0.15) is 140 Å². The van der Waals surface area contributed by atoms with Gasteiger partial charge in [-0.3, -0.25) is 4.98 Å². The van der Waals surface area contributed by atoms with Crippen LogP contribution in [0.2, 0.25) is 0 Å². The van der Waals surface area contributed by atoms with Crippen molar-refractivity contribution in [3.63, 3.8) is 0 Å². The first-order chi connectivity index (χ1) is 22.4. The van der Waals surface area contributed by atoms with Gasteiger partial charge in [-0.15, -0.1) is 0 Å². The van der Waals surface area contributed by atoms with E-state index in [4.69, 9.17) is 15.0 Å². The lowest BCUT2D eigenvalue weighted by Crippen LogP contribution is -3.00. The summed E-state index contributed by atoms with van der Waals surface area (Å²) in [6.07, 6.45) is 35.8. The molecule has 2 heterocycles. The minimum Gasteiger partial charge on any atom is -1.00 e. The second-order valence-electron chi connectivity index (χ2n) is 12.6. The lowest BCUT2D eigenvalue weighted by atomic mass is 10.1. The molecule has 0 aromatic carbocycles. The third kappa shape index (κ3) is 25.9. The Bertz CT molecular complexity index is 975. The molecule has 0 saturated heterocycles. The van der Waals surface area contributed by atoms with E-state index in [1.54, 1.807) is 0 Å². The average Bonchev–Trinajstić information content (AvgIpc) is 3.07. The van der Waals surface area contributed by atoms with Crippen LogP contribution in [-0.4, -0.2) is 38.0 Å². The number of hydrogen-bond acceptors (Lipinski definition) is 4. The van der Waals surface area contributed by atoms with Crippen LogP contribution < -0.4 is 17.0 Å². The van der Waals surface area contributed by atoms with Gasteiger partial charge in [0, 0.05) is 68.3 Å². The Balaban J connectivity index is 0.0000106. The van der Waals surface area contributed by atoms with Gasteiger partial charge >= 0.3 is 0 Å². The Labute approximate surface area is 287 Å². The Morgan fingerprint density at radius 1 is 0.609 bits per heavy atom. The number of nitrogens with zero attached hydrogens (tertiary/aromatic N) is 5. The fourth-order valence-electron chi connectivity index (χ4n) is 5.77. The van der Waals surface area contributed by atoms with Crippen molar-refractivity contribution in [3.8, 4) is 0 Å². The highest BCUT2D eigenvalue weighted by Crippen LogP contribution is 2.12. The maximum absolute atomic E-state index is 8.27. The summed E-state index contributed by atoms with van der Waals surface area (Å²) < 4.78 is 14.1. The van der Waals surface area contributed by atoms with Gasteiger partial charge in [-0.25, -0.2) is 4.57 Å². The number of halogens is 1. The second kappa shape index (κ2) is 32.7. The van der Waals surface area contributed by atoms with E-state index in [1.807, 2.05) is 18.5 Å². The minimum atomic E-state index is 0. The topological polar surface area (TPSA) is 84.0 Å². The maximum atomic E-state index is 8.27. The number of azide groups is 1. The molecular formula is C38H64ClN5O2. The third-order valence-electron chi connectivity index (χ3n) is 8.47. The molecule has 260 valence electrons. The SMILES string of the molecule is [Cl-].[N-]=[N+]=NCCCCCCCCCCCCOCCCc1ccc[n+](CCCCCCCCCCOCCCc2cccnc2)c1. The van der Waals surface area contributed by atoms with Crippen molar-refractivity contribution in [1.29, 1.82) is 0 Å². The average molecular weight is 658 g/mol. The van der Waals surface area contributed by atoms with Crippen LogP contribution in [0.5, 0.6) is 0 Å². The summed E-state index contributed by atoms with van der Waals surface area (Å²) in [6.45, 7) is 5.32. The van der Waals surface area contributed by atoms with E-state index >= 15 is 0 Å². The molecule has 2 aromatic rings. The van der Waals surface area contributed by atoms with Gasteiger partial charge < -0.3 is 21.9 Å². The fraction of sp³-hybridized carbons (Fsp3) is 0.737. The largest absolute Gasteiger partial charge is 1.00 e. The molecular weight excluding hydrogens is 594 g/mol. The van der Waals surface area contributed by atoms with Crippen LogP contribution >= 0.6 is 0 Å². The number of aryl methyl sites for hydroxylation is 3. The predicted octanol–water partition coefficient (Wildman–Crippen LogP) is 7.30. The highest BCUT2D eigenvalue weighted by atomic mass is 35.5. The zero-order chi connectivity index (χ0) is 31.7. The molecule has 2 rings (SSSR count). The first-order valence-electron chi connectivity index (χ1n) is 18.4. The molecule has 0 aliphatic rings. The molecule has 0 amide bonds. The molecule has 0 atom stereocenters. The number of rotatable bonds is 32. The van der Waals surface area contributed by atoms with Gasteiger partial charge in [-0.2, -0.15) is 0 Å². The van der Waals surface area contributed by atoms with E-state index in [1.165, 1.54) is 120 Å². The predicted molar refractivity (Wildman–Crippen MR) is 186 cm³/mol. The second-order valence-corrected chi connectivity index (χ2v) is 12.6. The van der Waals surface area contributed by atoms with Gasteiger partial charge in [0.1, 0.15) is 6.54 Å². The van der Waals surface area contributed by atoms with E-state index in [2.05, 4.69) is 50.2 Å². The monoisotopic (exact) mass is 657 g/mol. The van der Waals surface area contributed by atoms with Crippen LogP contribution in [0.4, 0.5) is 0 Å². The molecule has 0 fully saturated rings. The summed E-state index contributed by atoms with van der Waals surface area (Å²) in [5, 5.41) is 3.59. The first-order valence-corrected chi connectivity index (χ1v) is 18.4. The molecule has 46 heavy (non-hydrogen) atoms. The van der Waals surface area contributed by atoms with Crippen molar-refractivity contribution in [2.24, 2.45) is 5.11 Å². The standard InChI is InChI=1S/C38H64N5O2.ClH/c39-42-41-28-15-11-7-3-1-2-5-9-13-18-32-45-34-22-26-38-24-20-30-43(36-38)29-16-12-8-4-6-10-14-17-31-44-33-21-25-37-23-19-27-40-35-37;/h19-20,23-24,27,30,35-36H,1-18,21-22,25-26,28-29,31-34H2;1H/q+1;/p-1. The van der Waals surface area contributed by atoms with Gasteiger partial charge in [-0.05, 0) is 74.6 Å². The molecule has 0 N–H and O–H groups in total. The summed E-state index contributed by atoms with van der Waals surface area (Å²) in [5.74, 6) is 0. The number of pyridine rings is 2. The highest BCUT2D eigenvalue weighted by molar-refractivity contribution is 5.08. The van der Waals surface area contributed by atoms with Gasteiger partial charge in [0.05, 0.1) is 0 Å². The van der Waals surface area contributed by atoms with Crippen LogP contribution in [0.25, 0.3) is 10.4 Å². The van der Waals surface area contributed by atoms with Crippen molar-refractivity contribution in [1.82, 2.24) is 4.98 Å². The molecule has 0 aliphatic heterocycles. The molecule has 0 bridgehead atoms. The van der Waals surface area contributed by atoms with E-state index in [0.717, 1.165) is 65.1 Å². The summed E-state index contributed by atoms with van der Waals surface area (Å²) in [6, 6.07) is 8.60. The van der Waals surface area contributed by atoms with E-state index < -0.39 is 0 Å². The van der Waals surface area contributed by atoms with Crippen molar-refractivity contribution in [2.45, 2.75) is 148 Å². The summed E-state index contributed by atoms with van der Waals surface area (Å²) in [4.78, 5) is 6.96. The van der Waals surface area contributed by atoms with Gasteiger partial charge in [0.2, 0.25) is 0 Å². The van der Waals surface area contributed by atoms with Gasteiger partial charge in [-0.1, -0.05) is 94.7 Å². The van der Waals surface area contributed by atoms with Crippen LogP contribution in [0.15, 0.2) is 54.2 Å². The Kier molecular flexibility index (Phi) is 29.8. The van der Waals surface area contributed by atoms with Crippen molar-refractivity contribution in [2.75, 3.05) is 33.0 Å². The van der Waals surface area contributed by atoms with Crippen molar-refractivity contribution >= 4 is 0 Å². The van der Waals surface area contributed by atoms with Crippen molar-refractivity contribution < 1.29 is 26.4 Å². The highest BCUT2D eigenvalue weighted by Gasteiger charge is 2.04. The molecule has 7 nitrogen and oxygen atoms in total. The summed E-state index contributed by atoms with van der Waals surface area (Å²) in [7, 11) is 0. The number of aromatic nitrogens is 2. The van der Waals surface area contributed by atoms with E-state index in [-0.39, 0.29) is 12.4 Å². The number of hydrogen-bond donors (Lipinski definition) is 0. The normalized spacial score (nSPS) is 10.9. The number of unbranched alkanes of at least 4 members (excludes halogenated alkanes) is 16. The lowest BCUT2D eigenvalue weighted by Gasteiger charge is -2.05. The van der Waals surface area contributed by atoms with E-state index in [0.29, 0.717) is 6.54 Å². The van der Waals surface area contributed by atoms with Gasteiger partial charge in [0.25, 0.3) is 0 Å². The van der Waals surface area contributed by atoms with E-state index in [9.17, 15) is 0 Å². The quantitative estimate of drug-likeness (QED) is 0.0272. The third-order valence-corrected chi connectivity index (χ3v) is 8.47. The Morgan fingerprint density at radius 3 is 1.67 bits per heavy atom. The smallest absolute Gasteiger partial charge is 0.171 e. The molecule has 0 spiro atoms. The first kappa shape index (κ1) is 41.8. The fourth-order valence-corrected chi connectivity index (χ4v) is 5.77. The lowest BCUT2D eigenvalue weighted by molar-refractivity contribution is -0.697. The molecule has 2 aromatic heterocycles. The van der Waals surface area contributed by atoms with Crippen LogP contribution in [0, 0.1) is 0 Å². The number of ether oxygens (including phenoxy) is 2. The van der Waals surface area contributed by atoms with Gasteiger partial charge in [0.15, 0.2) is 12.4 Å². The zero-order valence-corrected chi connectivity index (χ0v) is 29.6. The molecule has 8 heteroatoms. The Hall–Kier alpha value is -2.18. The Morgan fingerprint density at radius 2 is 1.11 bits per heavy atom. The molecule has 0 unspecified atom stereocenters. The molecule has 0 saturated carbocycles. The van der Waals surface area contributed by atoms with Crippen molar-refractivity contribution in [3.05, 3.63) is 70.6 Å². The minimum absolute atomic E-state index is 0. The van der Waals surface area contributed by atoms with Crippen LogP contribution in [0.3, 0.4) is 0 Å². The zero-order valence-electron chi connectivity index (χ0n) is 28.8. The molecule has 0 radical (unpaired) electrons. The maximum Gasteiger partial charge on any atom is 0.171 e. The molecule has 0 aliphatic carbocycles.